The Morgan fingerprint density at radius 3 is 2.73 bits per heavy atom. The van der Waals surface area contributed by atoms with E-state index in [1.54, 1.807) is 18.5 Å². The Labute approximate surface area is 182 Å². The van der Waals surface area contributed by atoms with Crippen LogP contribution in [0.5, 0.6) is 0 Å². The van der Waals surface area contributed by atoms with E-state index in [0.717, 1.165) is 32.1 Å². The largest absolute Gasteiger partial charge is 0.416 e. The van der Waals surface area contributed by atoms with E-state index in [0.29, 0.717) is 28.7 Å². The number of nitrogens with two attached hydrogens (primary N) is 1. The summed E-state index contributed by atoms with van der Waals surface area (Å²) in [5, 5.41) is 14.3. The number of hydrogen-bond donors (Lipinski definition) is 2. The number of nitrogens with one attached hydrogen (secondary N) is 1. The van der Waals surface area contributed by atoms with E-state index in [2.05, 4.69) is 20.5 Å². The predicted molar refractivity (Wildman–Crippen MR) is 115 cm³/mol. The van der Waals surface area contributed by atoms with Gasteiger partial charge in [0.2, 0.25) is 5.13 Å². The number of halogens is 4. The molecule has 3 heterocycles. The molecule has 3 aromatic heterocycles. The van der Waals surface area contributed by atoms with Crippen LogP contribution >= 0.6 is 34.3 Å². The van der Waals surface area contributed by atoms with Crippen LogP contribution in [0.25, 0.3) is 20.0 Å². The molecular weight excluding hydrogens is 455 g/mol. The van der Waals surface area contributed by atoms with E-state index < -0.39 is 11.7 Å². The second kappa shape index (κ2) is 8.46. The van der Waals surface area contributed by atoms with Crippen LogP contribution in [0.4, 0.5) is 18.3 Å². The van der Waals surface area contributed by atoms with Crippen molar-refractivity contribution in [2.24, 2.45) is 5.73 Å². The lowest BCUT2D eigenvalue weighted by Crippen LogP contribution is -2.31. The number of alkyl halides is 3. The number of thiophene rings is 1. The molecule has 1 unspecified atom stereocenters. The van der Waals surface area contributed by atoms with Gasteiger partial charge in [0, 0.05) is 30.4 Å². The van der Waals surface area contributed by atoms with Crippen molar-refractivity contribution in [1.29, 1.82) is 0 Å². The summed E-state index contributed by atoms with van der Waals surface area (Å²) in [6.07, 6.45) is -0.708. The molecule has 4 aromatic rings. The van der Waals surface area contributed by atoms with Gasteiger partial charge in [-0.2, -0.15) is 13.2 Å². The Balaban J connectivity index is 1.39. The molecule has 0 aliphatic carbocycles. The summed E-state index contributed by atoms with van der Waals surface area (Å²) in [6.45, 7) is 0.354. The van der Waals surface area contributed by atoms with Crippen molar-refractivity contribution < 1.29 is 13.2 Å². The zero-order valence-corrected chi connectivity index (χ0v) is 17.7. The molecule has 0 radical (unpaired) electrons. The molecular formula is C19H15ClF3N5S2. The van der Waals surface area contributed by atoms with Crippen molar-refractivity contribution in [2.45, 2.75) is 18.6 Å². The summed E-state index contributed by atoms with van der Waals surface area (Å²) in [6, 6.07) is 6.78. The summed E-state index contributed by atoms with van der Waals surface area (Å²) in [5.41, 5.74) is 5.95. The molecule has 0 aliphatic heterocycles. The van der Waals surface area contributed by atoms with Crippen LogP contribution in [0.1, 0.15) is 11.1 Å². The lowest BCUT2D eigenvalue weighted by atomic mass is 10.0. The van der Waals surface area contributed by atoms with E-state index in [4.69, 9.17) is 17.3 Å². The molecule has 1 aromatic carbocycles. The highest BCUT2D eigenvalue weighted by molar-refractivity contribution is 7.26. The van der Waals surface area contributed by atoms with Crippen molar-refractivity contribution in [3.05, 3.63) is 58.9 Å². The van der Waals surface area contributed by atoms with Crippen LogP contribution < -0.4 is 11.1 Å². The van der Waals surface area contributed by atoms with Gasteiger partial charge in [-0.3, -0.25) is 4.98 Å². The van der Waals surface area contributed by atoms with Crippen molar-refractivity contribution in [3.63, 3.8) is 0 Å². The van der Waals surface area contributed by atoms with Crippen molar-refractivity contribution in [1.82, 2.24) is 15.2 Å². The molecule has 5 nitrogen and oxygen atoms in total. The first-order valence-corrected chi connectivity index (χ1v) is 10.8. The number of aromatic nitrogens is 3. The lowest BCUT2D eigenvalue weighted by Gasteiger charge is -2.13. The molecule has 1 atom stereocenters. The molecule has 11 heteroatoms. The first-order valence-electron chi connectivity index (χ1n) is 8.82. The topological polar surface area (TPSA) is 76.7 Å². The van der Waals surface area contributed by atoms with Gasteiger partial charge in [0.25, 0.3) is 0 Å². The summed E-state index contributed by atoms with van der Waals surface area (Å²) in [7, 11) is 0. The maximum absolute atomic E-state index is 12.8. The smallest absolute Gasteiger partial charge is 0.359 e. The van der Waals surface area contributed by atoms with E-state index in [9.17, 15) is 13.2 Å². The minimum atomic E-state index is -4.37. The van der Waals surface area contributed by atoms with Gasteiger partial charge < -0.3 is 11.1 Å². The number of nitrogens with zero attached hydrogens (tertiary/aromatic N) is 3. The Hall–Kier alpha value is -2.27. The van der Waals surface area contributed by atoms with Crippen LogP contribution in [0.3, 0.4) is 0 Å². The van der Waals surface area contributed by atoms with Gasteiger partial charge in [0.15, 0.2) is 5.01 Å². The number of rotatable bonds is 6. The molecule has 0 amide bonds. The Bertz CT molecular complexity index is 1170. The van der Waals surface area contributed by atoms with E-state index >= 15 is 0 Å². The number of fused-ring (bicyclic) bond motifs is 1. The number of benzene rings is 1. The molecule has 0 fully saturated rings. The molecule has 30 heavy (non-hydrogen) atoms. The van der Waals surface area contributed by atoms with E-state index in [1.165, 1.54) is 28.7 Å². The van der Waals surface area contributed by atoms with Crippen molar-refractivity contribution in [3.8, 4) is 9.88 Å². The Morgan fingerprint density at radius 1 is 1.13 bits per heavy atom. The van der Waals surface area contributed by atoms with E-state index in [-0.39, 0.29) is 6.04 Å². The average molecular weight is 470 g/mol. The Kier molecular flexibility index (Phi) is 5.92. The van der Waals surface area contributed by atoms with Gasteiger partial charge in [-0.15, -0.1) is 21.5 Å². The maximum atomic E-state index is 12.8. The van der Waals surface area contributed by atoms with Crippen molar-refractivity contribution >= 4 is 49.5 Å². The van der Waals surface area contributed by atoms with E-state index in [1.807, 2.05) is 6.07 Å². The monoisotopic (exact) mass is 469 g/mol. The summed E-state index contributed by atoms with van der Waals surface area (Å²) < 4.78 is 39.5. The fourth-order valence-electron chi connectivity index (χ4n) is 2.90. The number of hydrogen-bond acceptors (Lipinski definition) is 7. The minimum Gasteiger partial charge on any atom is -0.359 e. The van der Waals surface area contributed by atoms with Gasteiger partial charge in [0.1, 0.15) is 0 Å². The second-order valence-electron chi connectivity index (χ2n) is 6.60. The zero-order valence-electron chi connectivity index (χ0n) is 15.3. The minimum absolute atomic E-state index is 0.310. The highest BCUT2D eigenvalue weighted by Gasteiger charge is 2.30. The predicted octanol–water partition coefficient (Wildman–Crippen LogP) is 5.47. The molecule has 0 spiro atoms. The third-order valence-corrected chi connectivity index (χ3v) is 6.72. The first kappa shape index (κ1) is 21.0. The van der Waals surface area contributed by atoms with Gasteiger partial charge in [0.05, 0.1) is 20.2 Å². The van der Waals surface area contributed by atoms with Gasteiger partial charge in [-0.05, 0) is 24.1 Å². The summed E-state index contributed by atoms with van der Waals surface area (Å²) in [4.78, 5) is 5.01. The van der Waals surface area contributed by atoms with Crippen LogP contribution in [0.2, 0.25) is 5.02 Å². The fraction of sp³-hybridized carbons (Fsp3) is 0.211. The number of anilines is 1. The lowest BCUT2D eigenvalue weighted by molar-refractivity contribution is -0.137. The third kappa shape index (κ3) is 4.72. The quantitative estimate of drug-likeness (QED) is 0.391. The third-order valence-electron chi connectivity index (χ3n) is 4.30. The summed E-state index contributed by atoms with van der Waals surface area (Å²) in [5.74, 6) is 0. The molecule has 156 valence electrons. The SMILES string of the molecule is NC(CNc1nnc(-c2cc3c(Cl)cncc3s2)s1)Cc1cccc(C(F)(F)F)c1. The van der Waals surface area contributed by atoms with Gasteiger partial charge in [-0.1, -0.05) is 41.1 Å². The summed E-state index contributed by atoms with van der Waals surface area (Å²) >= 11 is 9.07. The zero-order chi connectivity index (χ0) is 21.3. The average Bonchev–Trinajstić information content (AvgIpc) is 3.33. The molecule has 0 aliphatic rings. The number of pyridine rings is 1. The fourth-order valence-corrected chi connectivity index (χ4v) is 5.01. The van der Waals surface area contributed by atoms with Crippen LogP contribution in [0.15, 0.2) is 42.7 Å². The van der Waals surface area contributed by atoms with Crippen LogP contribution in [-0.4, -0.2) is 27.8 Å². The highest BCUT2D eigenvalue weighted by Crippen LogP contribution is 2.38. The highest BCUT2D eigenvalue weighted by atomic mass is 35.5. The second-order valence-corrected chi connectivity index (χ2v) is 9.07. The first-order chi connectivity index (χ1) is 14.3. The van der Waals surface area contributed by atoms with Crippen LogP contribution in [-0.2, 0) is 12.6 Å². The molecule has 4 rings (SSSR count). The van der Waals surface area contributed by atoms with Gasteiger partial charge >= 0.3 is 6.18 Å². The molecule has 3 N–H and O–H groups in total. The molecule has 0 bridgehead atoms. The maximum Gasteiger partial charge on any atom is 0.416 e. The normalized spacial score (nSPS) is 13.0. The Morgan fingerprint density at radius 2 is 1.97 bits per heavy atom. The molecule has 0 saturated heterocycles. The standard InChI is InChI=1S/C19H15ClF3N5S2/c20-14-8-25-9-16-13(14)6-15(29-16)17-27-28-18(30-17)26-7-12(24)5-10-2-1-3-11(4-10)19(21,22)23/h1-4,6,8-9,12H,5,7,24H2,(H,26,28). The van der Waals surface area contributed by atoms with Crippen molar-refractivity contribution in [2.75, 3.05) is 11.9 Å². The van der Waals surface area contributed by atoms with Crippen LogP contribution in [0, 0.1) is 0 Å². The molecule has 0 saturated carbocycles. The van der Waals surface area contributed by atoms with Gasteiger partial charge in [-0.25, -0.2) is 0 Å².